The van der Waals surface area contributed by atoms with Gasteiger partial charge in [0.25, 0.3) is 0 Å². The van der Waals surface area contributed by atoms with Gasteiger partial charge in [0.05, 0.1) is 5.69 Å². The number of nitrogens with zero attached hydrogens (tertiary/aromatic N) is 2. The first kappa shape index (κ1) is 13.1. The summed E-state index contributed by atoms with van der Waals surface area (Å²) in [5.41, 5.74) is 7.15. The summed E-state index contributed by atoms with van der Waals surface area (Å²) in [6.45, 7) is 7.29. The van der Waals surface area contributed by atoms with Crippen LogP contribution in [0.25, 0.3) is 0 Å². The van der Waals surface area contributed by atoms with Gasteiger partial charge in [0, 0.05) is 6.54 Å². The Kier molecular flexibility index (Phi) is 5.36. The molecule has 3 nitrogen and oxygen atoms in total. The number of hydrogen-bond donors (Lipinski definition) is 1. The van der Waals surface area contributed by atoms with Crippen LogP contribution >= 0.6 is 0 Å². The molecule has 16 heavy (non-hydrogen) atoms. The molecule has 0 atom stereocenters. The Bertz CT molecular complexity index is 315. The van der Waals surface area contributed by atoms with Crippen LogP contribution in [0.3, 0.4) is 0 Å². The Balaban J connectivity index is 2.42. The van der Waals surface area contributed by atoms with Crippen molar-refractivity contribution in [2.75, 3.05) is 5.73 Å². The summed E-state index contributed by atoms with van der Waals surface area (Å²) in [4.78, 5) is 4.54. The summed E-state index contributed by atoms with van der Waals surface area (Å²) in [6.07, 6.45) is 7.52. The van der Waals surface area contributed by atoms with Crippen LogP contribution in [0.15, 0.2) is 0 Å². The average molecular weight is 223 g/mol. The quantitative estimate of drug-likeness (QED) is 0.721. The summed E-state index contributed by atoms with van der Waals surface area (Å²) in [5.74, 6) is 1.92. The Morgan fingerprint density at radius 1 is 1.12 bits per heavy atom. The summed E-state index contributed by atoms with van der Waals surface area (Å²) >= 11 is 0. The molecule has 0 unspecified atom stereocenters. The second-order valence-electron chi connectivity index (χ2n) is 4.40. The molecule has 0 saturated heterocycles. The van der Waals surface area contributed by atoms with E-state index >= 15 is 0 Å². The van der Waals surface area contributed by atoms with E-state index in [1.165, 1.54) is 32.1 Å². The van der Waals surface area contributed by atoms with Gasteiger partial charge in [0.2, 0.25) is 0 Å². The van der Waals surface area contributed by atoms with Crippen LogP contribution in [0.2, 0.25) is 0 Å². The van der Waals surface area contributed by atoms with Crippen molar-refractivity contribution in [3.05, 3.63) is 11.5 Å². The largest absolute Gasteiger partial charge is 0.384 e. The van der Waals surface area contributed by atoms with Gasteiger partial charge >= 0.3 is 0 Å². The molecular weight excluding hydrogens is 198 g/mol. The van der Waals surface area contributed by atoms with Gasteiger partial charge in [-0.2, -0.15) is 0 Å². The lowest BCUT2D eigenvalue weighted by molar-refractivity contribution is 0.629. The molecule has 0 saturated carbocycles. The number of aromatic nitrogens is 2. The van der Waals surface area contributed by atoms with Gasteiger partial charge in [0.15, 0.2) is 0 Å². The second-order valence-corrected chi connectivity index (χ2v) is 4.40. The van der Waals surface area contributed by atoms with Crippen molar-refractivity contribution in [1.29, 1.82) is 0 Å². The smallest absolute Gasteiger partial charge is 0.126 e. The van der Waals surface area contributed by atoms with Gasteiger partial charge in [-0.3, -0.25) is 0 Å². The summed E-state index contributed by atoms with van der Waals surface area (Å²) < 4.78 is 2.08. The molecule has 1 aromatic rings. The summed E-state index contributed by atoms with van der Waals surface area (Å²) in [6, 6.07) is 0. The molecule has 2 N–H and O–H groups in total. The monoisotopic (exact) mass is 223 g/mol. The molecule has 1 heterocycles. The first-order valence-electron chi connectivity index (χ1n) is 6.52. The highest BCUT2D eigenvalue weighted by atomic mass is 15.1. The van der Waals surface area contributed by atoms with E-state index < -0.39 is 0 Å². The highest BCUT2D eigenvalue weighted by molar-refractivity contribution is 5.38. The van der Waals surface area contributed by atoms with E-state index in [0.717, 1.165) is 30.3 Å². The number of anilines is 1. The van der Waals surface area contributed by atoms with E-state index in [2.05, 4.69) is 23.4 Å². The maximum Gasteiger partial charge on any atom is 0.126 e. The minimum Gasteiger partial charge on any atom is -0.384 e. The molecule has 0 aromatic carbocycles. The van der Waals surface area contributed by atoms with Crippen molar-refractivity contribution in [3.8, 4) is 0 Å². The maximum absolute atomic E-state index is 6.06. The lowest BCUT2D eigenvalue weighted by Gasteiger charge is -2.03. The van der Waals surface area contributed by atoms with Crippen molar-refractivity contribution in [2.24, 2.45) is 0 Å². The number of hydrogen-bond acceptors (Lipinski definition) is 2. The molecule has 0 aliphatic rings. The number of nitrogens with two attached hydrogens (primary N) is 1. The van der Waals surface area contributed by atoms with Gasteiger partial charge in [-0.1, -0.05) is 32.6 Å². The fraction of sp³-hybridized carbons (Fsp3) is 0.769. The van der Waals surface area contributed by atoms with Gasteiger partial charge in [-0.25, -0.2) is 4.98 Å². The van der Waals surface area contributed by atoms with Crippen molar-refractivity contribution in [3.63, 3.8) is 0 Å². The van der Waals surface area contributed by atoms with E-state index in [1.807, 2.05) is 6.92 Å². The highest BCUT2D eigenvalue weighted by Gasteiger charge is 2.09. The first-order valence-corrected chi connectivity index (χ1v) is 6.52. The lowest BCUT2D eigenvalue weighted by atomic mass is 10.1. The average Bonchev–Trinajstić information content (AvgIpc) is 2.53. The molecule has 0 aliphatic heterocycles. The lowest BCUT2D eigenvalue weighted by Crippen LogP contribution is -2.03. The van der Waals surface area contributed by atoms with Gasteiger partial charge < -0.3 is 10.3 Å². The SMILES string of the molecule is CCCCCCCc1nc(C)n(CC)c1N. The normalized spacial score (nSPS) is 10.9. The van der Waals surface area contributed by atoms with Crippen LogP contribution in [0.1, 0.15) is 57.5 Å². The zero-order valence-corrected chi connectivity index (χ0v) is 10.9. The van der Waals surface area contributed by atoms with Gasteiger partial charge in [0.1, 0.15) is 11.6 Å². The number of rotatable bonds is 7. The predicted octanol–water partition coefficient (Wildman–Crippen LogP) is 3.31. The van der Waals surface area contributed by atoms with E-state index in [4.69, 9.17) is 5.73 Å². The Hall–Kier alpha value is -0.990. The number of aryl methyl sites for hydroxylation is 2. The summed E-state index contributed by atoms with van der Waals surface area (Å²) in [7, 11) is 0. The molecule has 3 heteroatoms. The molecule has 92 valence electrons. The van der Waals surface area contributed by atoms with E-state index in [-0.39, 0.29) is 0 Å². The Labute approximate surface area is 99.1 Å². The van der Waals surface area contributed by atoms with Crippen molar-refractivity contribution in [1.82, 2.24) is 9.55 Å². The zero-order valence-electron chi connectivity index (χ0n) is 10.9. The Morgan fingerprint density at radius 3 is 2.38 bits per heavy atom. The standard InChI is InChI=1S/C13H25N3/c1-4-6-7-8-9-10-12-13(14)16(5-2)11(3)15-12/h4-10,14H2,1-3H3. The van der Waals surface area contributed by atoms with Crippen LogP contribution in [0.5, 0.6) is 0 Å². The van der Waals surface area contributed by atoms with Gasteiger partial charge in [-0.05, 0) is 26.7 Å². The van der Waals surface area contributed by atoms with Gasteiger partial charge in [-0.15, -0.1) is 0 Å². The molecule has 0 spiro atoms. The second kappa shape index (κ2) is 6.56. The molecule has 0 aliphatic carbocycles. The minimum atomic E-state index is 0.871. The molecule has 1 aromatic heterocycles. The first-order chi connectivity index (χ1) is 7.70. The van der Waals surface area contributed by atoms with E-state index in [1.54, 1.807) is 0 Å². The van der Waals surface area contributed by atoms with Crippen LogP contribution in [-0.4, -0.2) is 9.55 Å². The van der Waals surface area contributed by atoms with Crippen molar-refractivity contribution < 1.29 is 0 Å². The number of imidazole rings is 1. The molecule has 0 fully saturated rings. The molecule has 0 radical (unpaired) electrons. The topological polar surface area (TPSA) is 43.8 Å². The fourth-order valence-corrected chi connectivity index (χ4v) is 2.12. The highest BCUT2D eigenvalue weighted by Crippen LogP contribution is 2.17. The van der Waals surface area contributed by atoms with Crippen LogP contribution < -0.4 is 5.73 Å². The van der Waals surface area contributed by atoms with Crippen molar-refractivity contribution in [2.45, 2.75) is 65.8 Å². The predicted molar refractivity (Wildman–Crippen MR) is 69.5 cm³/mol. The maximum atomic E-state index is 6.06. The third-order valence-electron chi connectivity index (χ3n) is 3.11. The number of unbranched alkanes of at least 4 members (excludes halogenated alkanes) is 4. The molecule has 0 amide bonds. The van der Waals surface area contributed by atoms with E-state index in [9.17, 15) is 0 Å². The zero-order chi connectivity index (χ0) is 12.0. The summed E-state index contributed by atoms with van der Waals surface area (Å²) in [5, 5.41) is 0. The third kappa shape index (κ3) is 3.26. The van der Waals surface area contributed by atoms with Crippen LogP contribution in [-0.2, 0) is 13.0 Å². The van der Waals surface area contributed by atoms with Crippen LogP contribution in [0, 0.1) is 6.92 Å². The molecule has 0 bridgehead atoms. The minimum absolute atomic E-state index is 0.871. The Morgan fingerprint density at radius 2 is 1.81 bits per heavy atom. The van der Waals surface area contributed by atoms with Crippen LogP contribution in [0.4, 0.5) is 5.82 Å². The van der Waals surface area contributed by atoms with E-state index in [0.29, 0.717) is 0 Å². The van der Waals surface area contributed by atoms with Crippen molar-refractivity contribution >= 4 is 5.82 Å². The molecular formula is C13H25N3. The molecule has 1 rings (SSSR count). The fourth-order valence-electron chi connectivity index (χ4n) is 2.12. The third-order valence-corrected chi connectivity index (χ3v) is 3.11. The number of nitrogen functional groups attached to an aromatic ring is 1.